The van der Waals surface area contributed by atoms with Crippen LogP contribution in [-0.2, 0) is 0 Å². The van der Waals surface area contributed by atoms with E-state index in [1.807, 2.05) is 26.0 Å². The normalized spacial score (nSPS) is 14.1. The Hall–Kier alpha value is -1.50. The van der Waals surface area contributed by atoms with Gasteiger partial charge in [-0.3, -0.25) is 0 Å². The minimum absolute atomic E-state index is 0.923. The van der Waals surface area contributed by atoms with Crippen molar-refractivity contribution >= 4 is 5.57 Å². The molecule has 0 unspecified atom stereocenters. The topological polar surface area (TPSA) is 9.23 Å². The Balaban J connectivity index is 0.000000686. The average molecular weight is 230 g/mol. The molecule has 0 radical (unpaired) electrons. The summed E-state index contributed by atoms with van der Waals surface area (Å²) < 4.78 is 5.23. The van der Waals surface area contributed by atoms with Gasteiger partial charge in [0.05, 0.1) is 7.11 Å². The third-order valence-corrected chi connectivity index (χ3v) is 2.81. The molecule has 0 heterocycles. The van der Waals surface area contributed by atoms with Crippen molar-refractivity contribution in [3.63, 3.8) is 0 Å². The van der Waals surface area contributed by atoms with E-state index >= 15 is 0 Å². The van der Waals surface area contributed by atoms with E-state index < -0.39 is 0 Å². The van der Waals surface area contributed by atoms with Crippen molar-refractivity contribution in [2.24, 2.45) is 0 Å². The summed E-state index contributed by atoms with van der Waals surface area (Å²) in [6.45, 7) is 6.21. The van der Waals surface area contributed by atoms with E-state index in [1.54, 1.807) is 7.11 Å². The second kappa shape index (κ2) is 6.95. The largest absolute Gasteiger partial charge is 0.497 e. The van der Waals surface area contributed by atoms with E-state index in [9.17, 15) is 0 Å². The highest BCUT2D eigenvalue weighted by Gasteiger charge is 2.06. The Morgan fingerprint density at radius 3 is 2.59 bits per heavy atom. The van der Waals surface area contributed by atoms with Gasteiger partial charge in [0, 0.05) is 0 Å². The monoisotopic (exact) mass is 230 g/mol. The molecule has 0 spiro atoms. The predicted octanol–water partition coefficient (Wildman–Crippen LogP) is 4.84. The van der Waals surface area contributed by atoms with E-state index in [0.717, 1.165) is 5.75 Å². The lowest BCUT2D eigenvalue weighted by Gasteiger charge is -2.13. The molecule has 0 amide bonds. The number of hydrogen-bond donors (Lipinski definition) is 0. The standard InChI is InChI=1S/C14H16O.C2H6/c1-11-6-3-4-9-14(11)12-7-5-8-13(10-12)15-2;1-2/h4-5,7-10H,3,6H2,1-2H3;1-2H3. The lowest BCUT2D eigenvalue weighted by atomic mass is 9.93. The van der Waals surface area contributed by atoms with Gasteiger partial charge in [0.25, 0.3) is 0 Å². The molecule has 1 aromatic carbocycles. The number of ether oxygens (including phenoxy) is 1. The molecular formula is C16H22O. The summed E-state index contributed by atoms with van der Waals surface area (Å²) in [6, 6.07) is 8.24. The fourth-order valence-electron chi connectivity index (χ4n) is 1.91. The van der Waals surface area contributed by atoms with E-state index in [4.69, 9.17) is 4.74 Å². The van der Waals surface area contributed by atoms with Crippen LogP contribution in [0.15, 0.2) is 42.0 Å². The van der Waals surface area contributed by atoms with Crippen LogP contribution in [0.5, 0.6) is 5.75 Å². The summed E-state index contributed by atoms with van der Waals surface area (Å²) in [5.74, 6) is 0.923. The third-order valence-electron chi connectivity index (χ3n) is 2.81. The van der Waals surface area contributed by atoms with Crippen LogP contribution in [0, 0.1) is 0 Å². The minimum atomic E-state index is 0.923. The smallest absolute Gasteiger partial charge is 0.119 e. The molecule has 1 heteroatoms. The molecule has 0 N–H and O–H groups in total. The van der Waals surface area contributed by atoms with Gasteiger partial charge >= 0.3 is 0 Å². The molecule has 0 saturated carbocycles. The molecular weight excluding hydrogens is 208 g/mol. The Morgan fingerprint density at radius 2 is 1.94 bits per heavy atom. The third kappa shape index (κ3) is 3.48. The van der Waals surface area contributed by atoms with Crippen molar-refractivity contribution in [3.05, 3.63) is 47.6 Å². The first-order chi connectivity index (χ1) is 8.31. The molecule has 0 aromatic heterocycles. The van der Waals surface area contributed by atoms with Gasteiger partial charge in [-0.25, -0.2) is 0 Å². The van der Waals surface area contributed by atoms with Crippen LogP contribution < -0.4 is 4.74 Å². The van der Waals surface area contributed by atoms with Crippen LogP contribution in [0.3, 0.4) is 0 Å². The maximum absolute atomic E-state index is 5.23. The van der Waals surface area contributed by atoms with Crippen molar-refractivity contribution in [1.82, 2.24) is 0 Å². The Labute approximate surface area is 105 Å². The second-order valence-electron chi connectivity index (χ2n) is 3.87. The molecule has 17 heavy (non-hydrogen) atoms. The summed E-state index contributed by atoms with van der Waals surface area (Å²) in [7, 11) is 1.71. The van der Waals surface area contributed by atoms with Gasteiger partial charge in [-0.15, -0.1) is 0 Å². The maximum atomic E-state index is 5.23. The number of allylic oxidation sites excluding steroid dienone is 4. The van der Waals surface area contributed by atoms with E-state index in [2.05, 4.69) is 31.2 Å². The van der Waals surface area contributed by atoms with Gasteiger partial charge in [-0.1, -0.05) is 43.7 Å². The van der Waals surface area contributed by atoms with Gasteiger partial charge < -0.3 is 4.74 Å². The van der Waals surface area contributed by atoms with Crippen LogP contribution in [-0.4, -0.2) is 7.11 Å². The van der Waals surface area contributed by atoms with Gasteiger partial charge in [-0.2, -0.15) is 0 Å². The SMILES string of the molecule is CC.COc1cccc(C2=C(C)CCC=C2)c1. The van der Waals surface area contributed by atoms with Crippen molar-refractivity contribution in [2.45, 2.75) is 33.6 Å². The summed E-state index contributed by atoms with van der Waals surface area (Å²) in [4.78, 5) is 0. The van der Waals surface area contributed by atoms with Gasteiger partial charge in [0.1, 0.15) is 5.75 Å². The number of methoxy groups -OCH3 is 1. The Kier molecular flexibility index (Phi) is 5.55. The number of benzene rings is 1. The predicted molar refractivity (Wildman–Crippen MR) is 75.3 cm³/mol. The van der Waals surface area contributed by atoms with E-state index in [1.165, 1.54) is 29.6 Å². The first-order valence-electron chi connectivity index (χ1n) is 6.32. The zero-order valence-corrected chi connectivity index (χ0v) is 11.3. The molecule has 0 atom stereocenters. The second-order valence-corrected chi connectivity index (χ2v) is 3.87. The Bertz CT molecular complexity index is 413. The fourth-order valence-corrected chi connectivity index (χ4v) is 1.91. The van der Waals surface area contributed by atoms with Gasteiger partial charge in [0.15, 0.2) is 0 Å². The summed E-state index contributed by atoms with van der Waals surface area (Å²) in [5.41, 5.74) is 4.06. The quantitative estimate of drug-likeness (QED) is 0.706. The van der Waals surface area contributed by atoms with Crippen LogP contribution in [0.4, 0.5) is 0 Å². The van der Waals surface area contributed by atoms with Crippen LogP contribution in [0.25, 0.3) is 5.57 Å². The number of hydrogen-bond acceptors (Lipinski definition) is 1. The molecule has 92 valence electrons. The molecule has 1 aliphatic carbocycles. The maximum Gasteiger partial charge on any atom is 0.119 e. The van der Waals surface area contributed by atoms with E-state index in [-0.39, 0.29) is 0 Å². The molecule has 1 nitrogen and oxygen atoms in total. The highest BCUT2D eigenvalue weighted by atomic mass is 16.5. The molecule has 1 aromatic rings. The molecule has 1 aliphatic rings. The molecule has 0 aliphatic heterocycles. The molecule has 0 saturated heterocycles. The minimum Gasteiger partial charge on any atom is -0.497 e. The van der Waals surface area contributed by atoms with E-state index in [0.29, 0.717) is 0 Å². The Morgan fingerprint density at radius 1 is 1.18 bits per heavy atom. The van der Waals surface area contributed by atoms with Gasteiger partial charge in [-0.05, 0) is 43.0 Å². The zero-order chi connectivity index (χ0) is 12.7. The van der Waals surface area contributed by atoms with Crippen LogP contribution in [0.1, 0.15) is 39.2 Å². The molecule has 0 fully saturated rings. The molecule has 0 bridgehead atoms. The van der Waals surface area contributed by atoms with Crippen molar-refractivity contribution in [2.75, 3.05) is 7.11 Å². The summed E-state index contributed by atoms with van der Waals surface area (Å²) in [6.07, 6.45) is 6.79. The van der Waals surface area contributed by atoms with Crippen molar-refractivity contribution in [3.8, 4) is 5.75 Å². The van der Waals surface area contributed by atoms with Crippen LogP contribution in [0.2, 0.25) is 0 Å². The fraction of sp³-hybridized carbons (Fsp3) is 0.375. The highest BCUT2D eigenvalue weighted by Crippen LogP contribution is 2.28. The van der Waals surface area contributed by atoms with Gasteiger partial charge in [0.2, 0.25) is 0 Å². The first-order valence-corrected chi connectivity index (χ1v) is 6.32. The van der Waals surface area contributed by atoms with Crippen LogP contribution >= 0.6 is 0 Å². The summed E-state index contributed by atoms with van der Waals surface area (Å²) in [5, 5.41) is 0. The zero-order valence-electron chi connectivity index (χ0n) is 11.3. The first kappa shape index (κ1) is 13.6. The summed E-state index contributed by atoms with van der Waals surface area (Å²) >= 11 is 0. The lowest BCUT2D eigenvalue weighted by Crippen LogP contribution is -1.92. The lowest BCUT2D eigenvalue weighted by molar-refractivity contribution is 0.414. The highest BCUT2D eigenvalue weighted by molar-refractivity contribution is 5.77. The molecule has 2 rings (SSSR count). The average Bonchev–Trinajstić information content (AvgIpc) is 2.42. The van der Waals surface area contributed by atoms with Crippen molar-refractivity contribution < 1.29 is 4.74 Å². The number of rotatable bonds is 2. The van der Waals surface area contributed by atoms with Crippen molar-refractivity contribution in [1.29, 1.82) is 0 Å².